The number of aromatic nitrogens is 1. The van der Waals surface area contributed by atoms with Crippen LogP contribution in [-0.2, 0) is 5.54 Å². The molecule has 7 heteroatoms. The summed E-state index contributed by atoms with van der Waals surface area (Å²) in [6, 6.07) is 20.3. The van der Waals surface area contributed by atoms with E-state index in [1.165, 1.54) is 7.11 Å². The molecule has 0 spiro atoms. The number of aromatic hydroxyl groups is 1. The molecule has 186 valence electrons. The summed E-state index contributed by atoms with van der Waals surface area (Å²) in [5.74, 6) is 0.418. The number of carbonyl (C=O) groups excluding carboxylic acids is 1. The highest BCUT2D eigenvalue weighted by atomic mass is 16.5. The lowest BCUT2D eigenvalue weighted by atomic mass is 9.89. The monoisotopic (exact) mass is 500 g/mol. The van der Waals surface area contributed by atoms with Crippen LogP contribution in [0.3, 0.4) is 0 Å². The zero-order valence-electron chi connectivity index (χ0n) is 21.4. The van der Waals surface area contributed by atoms with Gasteiger partial charge in [-0.15, -0.1) is 0 Å². The molecule has 0 atom stereocenters. The summed E-state index contributed by atoms with van der Waals surface area (Å²) in [5, 5.41) is 23.9. The molecule has 0 unspecified atom stereocenters. The number of allylic oxidation sites excluding steroid dienone is 3. The number of nitrogens with zero attached hydrogens (tertiary/aromatic N) is 4. The summed E-state index contributed by atoms with van der Waals surface area (Å²) in [7, 11) is 1.53. The minimum absolute atomic E-state index is 0.0673. The molecule has 6 rings (SSSR count). The van der Waals surface area contributed by atoms with Crippen molar-refractivity contribution in [1.29, 1.82) is 5.26 Å². The van der Waals surface area contributed by atoms with Crippen LogP contribution in [0.2, 0.25) is 0 Å². The van der Waals surface area contributed by atoms with Gasteiger partial charge < -0.3 is 14.4 Å². The molecule has 0 saturated carbocycles. The van der Waals surface area contributed by atoms with Crippen LogP contribution in [0.15, 0.2) is 82.5 Å². The molecule has 0 radical (unpaired) electrons. The topological polar surface area (TPSA) is 100.0 Å². The largest absolute Gasteiger partial charge is 0.496 e. The van der Waals surface area contributed by atoms with Crippen LogP contribution in [0.25, 0.3) is 22.0 Å². The smallest absolute Gasteiger partial charge is 0.201 e. The number of hydrogen-bond donors (Lipinski definition) is 1. The van der Waals surface area contributed by atoms with Gasteiger partial charge in [0.25, 0.3) is 0 Å². The predicted octanol–water partition coefficient (Wildman–Crippen LogP) is 4.88. The molecule has 2 aliphatic rings. The Kier molecular flexibility index (Phi) is 5.11. The van der Waals surface area contributed by atoms with Gasteiger partial charge in [-0.3, -0.25) is 4.79 Å². The van der Waals surface area contributed by atoms with E-state index in [1.54, 1.807) is 24.3 Å². The number of hydrogen-bond acceptors (Lipinski definition) is 6. The lowest BCUT2D eigenvalue weighted by molar-refractivity contribution is 0.103. The van der Waals surface area contributed by atoms with E-state index in [9.17, 15) is 15.2 Å². The Balaban J connectivity index is 1.69. The van der Waals surface area contributed by atoms with E-state index >= 15 is 0 Å². The molecule has 2 aliphatic heterocycles. The summed E-state index contributed by atoms with van der Waals surface area (Å²) in [6.45, 7) is 5.98. The Hall–Kier alpha value is -4.96. The number of ketones is 1. The van der Waals surface area contributed by atoms with E-state index in [0.29, 0.717) is 38.5 Å². The lowest BCUT2D eigenvalue weighted by Gasteiger charge is -2.31. The van der Waals surface area contributed by atoms with Gasteiger partial charge in [0.2, 0.25) is 5.88 Å². The maximum atomic E-state index is 13.8. The van der Waals surface area contributed by atoms with Crippen molar-refractivity contribution in [2.75, 3.05) is 7.11 Å². The van der Waals surface area contributed by atoms with Crippen molar-refractivity contribution in [3.8, 4) is 17.7 Å². The molecule has 7 nitrogen and oxygen atoms in total. The zero-order chi connectivity index (χ0) is 26.8. The highest BCUT2D eigenvalue weighted by molar-refractivity contribution is 6.15. The third kappa shape index (κ3) is 3.31. The van der Waals surface area contributed by atoms with Gasteiger partial charge in [0.15, 0.2) is 11.6 Å². The molecule has 4 aromatic rings. The molecule has 0 fully saturated rings. The van der Waals surface area contributed by atoms with E-state index in [4.69, 9.17) is 4.74 Å². The van der Waals surface area contributed by atoms with Gasteiger partial charge in [0, 0.05) is 16.5 Å². The normalized spacial score (nSPS) is 14.7. The fourth-order valence-electron chi connectivity index (χ4n) is 5.54. The second kappa shape index (κ2) is 8.29. The molecule has 1 N–H and O–H groups in total. The Labute approximate surface area is 219 Å². The number of carbonyl (C=O) groups is 1. The van der Waals surface area contributed by atoms with Crippen molar-refractivity contribution in [2.24, 2.45) is 9.98 Å². The molecule has 1 aromatic heterocycles. The highest BCUT2D eigenvalue weighted by Crippen LogP contribution is 2.47. The average molecular weight is 501 g/mol. The van der Waals surface area contributed by atoms with Crippen LogP contribution >= 0.6 is 0 Å². The van der Waals surface area contributed by atoms with Crippen LogP contribution in [-0.4, -0.2) is 22.6 Å². The molecule has 0 bridgehead atoms. The van der Waals surface area contributed by atoms with Gasteiger partial charge >= 0.3 is 0 Å². The minimum atomic E-state index is -0.579. The molecule has 0 aliphatic carbocycles. The second-order valence-corrected chi connectivity index (χ2v) is 9.99. The van der Waals surface area contributed by atoms with Crippen molar-refractivity contribution >= 4 is 27.8 Å². The molecule has 38 heavy (non-hydrogen) atoms. The first-order valence-electron chi connectivity index (χ1n) is 12.2. The van der Waals surface area contributed by atoms with Crippen LogP contribution in [0.5, 0.6) is 11.6 Å². The third-order valence-electron chi connectivity index (χ3n) is 7.14. The number of methoxy groups -OCH3 is 1. The predicted molar refractivity (Wildman–Crippen MR) is 144 cm³/mol. The highest BCUT2D eigenvalue weighted by Gasteiger charge is 2.35. The number of nitriles is 1. The fraction of sp³-hybridized carbons (Fsp3) is 0.161. The van der Waals surface area contributed by atoms with E-state index < -0.39 is 5.54 Å². The van der Waals surface area contributed by atoms with Gasteiger partial charge in [-0.1, -0.05) is 30.3 Å². The Morgan fingerprint density at radius 3 is 2.37 bits per heavy atom. The van der Waals surface area contributed by atoms with Gasteiger partial charge in [0.1, 0.15) is 17.4 Å². The third-order valence-corrected chi connectivity index (χ3v) is 7.14. The van der Waals surface area contributed by atoms with E-state index in [-0.39, 0.29) is 23.1 Å². The second-order valence-electron chi connectivity index (χ2n) is 9.99. The summed E-state index contributed by atoms with van der Waals surface area (Å²) in [4.78, 5) is 22.9. The molecule has 3 aromatic carbocycles. The van der Waals surface area contributed by atoms with E-state index in [1.807, 2.05) is 61.7 Å². The SMILES string of the molecule is COc1ccccc1C(=O)c1cc2c3c(c1)c(C(C#N)=C1N=c4ccccc4=N1)c(O)n3C(C)(C)C=C2C. The maximum Gasteiger partial charge on any atom is 0.201 e. The van der Waals surface area contributed by atoms with Gasteiger partial charge in [-0.2, -0.15) is 5.26 Å². The van der Waals surface area contributed by atoms with Crippen molar-refractivity contribution < 1.29 is 14.6 Å². The van der Waals surface area contributed by atoms with Crippen molar-refractivity contribution in [3.05, 3.63) is 106 Å². The van der Waals surface area contributed by atoms with Crippen LogP contribution < -0.4 is 15.5 Å². The number of fused-ring (bicyclic) bond motifs is 1. The van der Waals surface area contributed by atoms with Gasteiger partial charge in [-0.05, 0) is 62.7 Å². The van der Waals surface area contributed by atoms with Gasteiger partial charge in [0.05, 0.1) is 40.0 Å². The first-order chi connectivity index (χ1) is 18.2. The van der Waals surface area contributed by atoms with E-state index in [2.05, 4.69) is 22.1 Å². The Bertz CT molecular complexity index is 1900. The fourth-order valence-corrected chi connectivity index (χ4v) is 5.54. The minimum Gasteiger partial charge on any atom is -0.496 e. The standard InChI is InChI=1S/C31H24N4O3/c1-17-15-31(2,3)35-27-20(17)13-18(28(36)19-9-5-8-12-25(19)38-4)14-21(27)26(30(35)37)22(16-32)29-33-23-10-6-7-11-24(23)34-29/h5-15,37H,1-4H3. The first kappa shape index (κ1) is 23.4. The summed E-state index contributed by atoms with van der Waals surface area (Å²) in [5.41, 5.74) is 3.27. The molecule has 3 heterocycles. The molecular formula is C31H24N4O3. The van der Waals surface area contributed by atoms with Crippen molar-refractivity contribution in [1.82, 2.24) is 4.57 Å². The van der Waals surface area contributed by atoms with Crippen molar-refractivity contribution in [3.63, 3.8) is 0 Å². The zero-order valence-corrected chi connectivity index (χ0v) is 21.4. The number of para-hydroxylation sites is 3. The Morgan fingerprint density at radius 1 is 1.05 bits per heavy atom. The molecule has 0 amide bonds. The summed E-state index contributed by atoms with van der Waals surface area (Å²) < 4.78 is 7.26. The van der Waals surface area contributed by atoms with Crippen LogP contribution in [0.4, 0.5) is 0 Å². The number of benzene rings is 3. The maximum absolute atomic E-state index is 13.8. The summed E-state index contributed by atoms with van der Waals surface area (Å²) >= 11 is 0. The summed E-state index contributed by atoms with van der Waals surface area (Å²) in [6.07, 6.45) is 2.05. The van der Waals surface area contributed by atoms with Gasteiger partial charge in [-0.25, -0.2) is 9.98 Å². The van der Waals surface area contributed by atoms with Crippen molar-refractivity contribution in [2.45, 2.75) is 26.3 Å². The lowest BCUT2D eigenvalue weighted by Crippen LogP contribution is -2.26. The number of rotatable bonds is 4. The number of ether oxygens (including phenoxy) is 1. The van der Waals surface area contributed by atoms with Crippen LogP contribution in [0.1, 0.15) is 47.8 Å². The quantitative estimate of drug-likeness (QED) is 0.319. The molecule has 0 saturated heterocycles. The Morgan fingerprint density at radius 2 is 1.71 bits per heavy atom. The van der Waals surface area contributed by atoms with E-state index in [0.717, 1.165) is 16.7 Å². The average Bonchev–Trinajstić information content (AvgIpc) is 3.46. The first-order valence-corrected chi connectivity index (χ1v) is 12.2. The molecular weight excluding hydrogens is 476 g/mol. The van der Waals surface area contributed by atoms with Crippen LogP contribution in [0, 0.1) is 11.3 Å².